The van der Waals surface area contributed by atoms with Gasteiger partial charge in [-0.3, -0.25) is 0 Å². The molecule has 1 N–H and O–H groups in total. The van der Waals surface area contributed by atoms with Gasteiger partial charge in [0.15, 0.2) is 0 Å². The van der Waals surface area contributed by atoms with E-state index in [9.17, 15) is 5.11 Å². The molecule has 0 aromatic rings. The maximum absolute atomic E-state index is 11.0. The van der Waals surface area contributed by atoms with Crippen LogP contribution in [0.4, 0.5) is 0 Å². The molecule has 1 heterocycles. The molecule has 3 aliphatic rings. The van der Waals surface area contributed by atoms with E-state index in [4.69, 9.17) is 4.74 Å². The van der Waals surface area contributed by atoms with Gasteiger partial charge in [-0.05, 0) is 75.7 Å². The zero-order chi connectivity index (χ0) is 16.3. The minimum Gasteiger partial charge on any atom is -0.393 e. The third kappa shape index (κ3) is 2.13. The van der Waals surface area contributed by atoms with E-state index in [1.54, 1.807) is 0 Å². The Morgan fingerprint density at radius 1 is 1.09 bits per heavy atom. The molecule has 3 fully saturated rings. The smallest absolute Gasteiger partial charge is 0.0793 e. The molecule has 2 aliphatic carbocycles. The second-order valence-electron chi connectivity index (χ2n) is 9.24. The van der Waals surface area contributed by atoms with Crippen molar-refractivity contribution in [3.63, 3.8) is 0 Å². The Balaban J connectivity index is 1.99. The molecule has 0 amide bonds. The highest BCUT2D eigenvalue weighted by atomic mass is 16.5. The van der Waals surface area contributed by atoms with Crippen LogP contribution in [-0.4, -0.2) is 22.9 Å². The van der Waals surface area contributed by atoms with Crippen molar-refractivity contribution in [2.75, 3.05) is 0 Å². The Kier molecular flexibility index (Phi) is 3.81. The Labute approximate surface area is 136 Å². The van der Waals surface area contributed by atoms with Crippen LogP contribution in [0, 0.1) is 22.7 Å². The average Bonchev–Trinajstić information content (AvgIpc) is 2.81. The quantitative estimate of drug-likeness (QED) is 0.711. The highest BCUT2D eigenvalue weighted by Crippen LogP contribution is 2.65. The number of hydrogen-bond acceptors (Lipinski definition) is 2. The van der Waals surface area contributed by atoms with Crippen LogP contribution in [0.3, 0.4) is 0 Å². The van der Waals surface area contributed by atoms with Crippen LogP contribution in [-0.2, 0) is 4.74 Å². The zero-order valence-electron chi connectivity index (χ0n) is 15.3. The molecule has 3 rings (SSSR count). The van der Waals surface area contributed by atoms with Gasteiger partial charge in [-0.15, -0.1) is 0 Å². The minimum atomic E-state index is -0.177. The summed E-state index contributed by atoms with van der Waals surface area (Å²) in [6.07, 6.45) is 7.75. The van der Waals surface area contributed by atoms with Gasteiger partial charge in [0.2, 0.25) is 0 Å². The summed E-state index contributed by atoms with van der Waals surface area (Å²) in [6, 6.07) is 0. The summed E-state index contributed by atoms with van der Waals surface area (Å²) in [6.45, 7) is 13.8. The molecule has 0 spiro atoms. The monoisotopic (exact) mass is 306 g/mol. The predicted octanol–water partition coefficient (Wildman–Crippen LogP) is 4.71. The summed E-state index contributed by atoms with van der Waals surface area (Å²) in [7, 11) is 0. The second-order valence-corrected chi connectivity index (χ2v) is 9.24. The molecule has 6 unspecified atom stereocenters. The fourth-order valence-electron chi connectivity index (χ4n) is 6.20. The average molecular weight is 306 g/mol. The van der Waals surface area contributed by atoms with Gasteiger partial charge in [0, 0.05) is 5.41 Å². The van der Waals surface area contributed by atoms with E-state index in [1.165, 1.54) is 12.0 Å². The first-order valence-corrected chi connectivity index (χ1v) is 9.14. The van der Waals surface area contributed by atoms with Gasteiger partial charge < -0.3 is 9.84 Å². The molecule has 126 valence electrons. The molecule has 0 bridgehead atoms. The Morgan fingerprint density at radius 3 is 2.41 bits per heavy atom. The number of rotatable bonds is 1. The van der Waals surface area contributed by atoms with Gasteiger partial charge >= 0.3 is 0 Å². The van der Waals surface area contributed by atoms with Crippen molar-refractivity contribution in [2.24, 2.45) is 22.7 Å². The summed E-state index contributed by atoms with van der Waals surface area (Å²) in [5.74, 6) is 1.07. The van der Waals surface area contributed by atoms with Crippen molar-refractivity contribution in [3.8, 4) is 0 Å². The third-order valence-electron chi connectivity index (χ3n) is 7.72. The number of allylic oxidation sites excluding steroid dienone is 1. The minimum absolute atomic E-state index is 0.00246. The van der Waals surface area contributed by atoms with E-state index in [0.717, 1.165) is 25.7 Å². The molecule has 1 saturated heterocycles. The fourth-order valence-corrected chi connectivity index (χ4v) is 6.20. The van der Waals surface area contributed by atoms with E-state index < -0.39 is 0 Å². The first kappa shape index (κ1) is 16.5. The largest absolute Gasteiger partial charge is 0.393 e. The predicted molar refractivity (Wildman–Crippen MR) is 90.7 cm³/mol. The van der Waals surface area contributed by atoms with E-state index in [2.05, 4.69) is 47.6 Å². The standard InChI is InChI=1S/C20H34O2/c1-7-13(2)14-12-16-19(5,22-14)11-8-15-18(3,4)10-9-17(21)20(15,16)6/h7,14-17,21H,8-12H2,1-6H3. The number of aliphatic hydroxyl groups is 1. The highest BCUT2D eigenvalue weighted by Gasteiger charge is 2.64. The van der Waals surface area contributed by atoms with Gasteiger partial charge in [-0.1, -0.05) is 26.8 Å². The zero-order valence-corrected chi connectivity index (χ0v) is 15.3. The summed E-state index contributed by atoms with van der Waals surface area (Å²) in [5, 5.41) is 11.0. The first-order valence-electron chi connectivity index (χ1n) is 9.14. The summed E-state index contributed by atoms with van der Waals surface area (Å²) in [4.78, 5) is 0. The normalized spacial score (nSPS) is 51.3. The Hall–Kier alpha value is -0.340. The molecule has 0 radical (unpaired) electrons. The lowest BCUT2D eigenvalue weighted by Crippen LogP contribution is -2.61. The van der Waals surface area contributed by atoms with E-state index >= 15 is 0 Å². The van der Waals surface area contributed by atoms with Gasteiger partial charge in [0.05, 0.1) is 17.8 Å². The molecule has 6 atom stereocenters. The van der Waals surface area contributed by atoms with Crippen LogP contribution in [0.15, 0.2) is 11.6 Å². The third-order valence-corrected chi connectivity index (χ3v) is 7.72. The molecule has 0 aromatic carbocycles. The maximum Gasteiger partial charge on any atom is 0.0793 e. The first-order chi connectivity index (χ1) is 10.1. The fraction of sp³-hybridized carbons (Fsp3) is 0.900. The van der Waals surface area contributed by atoms with Gasteiger partial charge in [-0.2, -0.15) is 0 Å². The van der Waals surface area contributed by atoms with Crippen molar-refractivity contribution >= 4 is 0 Å². The number of ether oxygens (including phenoxy) is 1. The van der Waals surface area contributed by atoms with Crippen molar-refractivity contribution in [1.82, 2.24) is 0 Å². The Morgan fingerprint density at radius 2 is 1.77 bits per heavy atom. The lowest BCUT2D eigenvalue weighted by atomic mass is 9.44. The lowest BCUT2D eigenvalue weighted by molar-refractivity contribution is -0.197. The van der Waals surface area contributed by atoms with Crippen LogP contribution in [0.25, 0.3) is 0 Å². The molecular weight excluding hydrogens is 272 g/mol. The van der Waals surface area contributed by atoms with E-state index in [-0.39, 0.29) is 23.2 Å². The van der Waals surface area contributed by atoms with Crippen molar-refractivity contribution in [2.45, 2.75) is 91.5 Å². The Bertz CT molecular complexity index is 480. The van der Waals surface area contributed by atoms with E-state index in [1.807, 2.05) is 0 Å². The van der Waals surface area contributed by atoms with Crippen LogP contribution >= 0.6 is 0 Å². The molecule has 1 aliphatic heterocycles. The lowest BCUT2D eigenvalue weighted by Gasteiger charge is -2.61. The molecule has 22 heavy (non-hydrogen) atoms. The molecular formula is C20H34O2. The topological polar surface area (TPSA) is 29.5 Å². The summed E-state index contributed by atoms with van der Waals surface area (Å²) >= 11 is 0. The second kappa shape index (κ2) is 5.08. The van der Waals surface area contributed by atoms with Crippen LogP contribution < -0.4 is 0 Å². The van der Waals surface area contributed by atoms with Crippen molar-refractivity contribution < 1.29 is 9.84 Å². The molecule has 2 heteroatoms. The SMILES string of the molecule is CC=C(C)C1CC2C(C)(CCC3C(C)(C)CCC(O)C32C)O1. The molecule has 0 aromatic heterocycles. The van der Waals surface area contributed by atoms with Crippen LogP contribution in [0.5, 0.6) is 0 Å². The van der Waals surface area contributed by atoms with Crippen LogP contribution in [0.1, 0.15) is 73.6 Å². The van der Waals surface area contributed by atoms with E-state index in [0.29, 0.717) is 17.3 Å². The van der Waals surface area contributed by atoms with Crippen LogP contribution in [0.2, 0.25) is 0 Å². The molecule has 2 nitrogen and oxygen atoms in total. The summed E-state index contributed by atoms with van der Waals surface area (Å²) in [5.41, 5.74) is 1.62. The number of hydrogen-bond donors (Lipinski definition) is 1. The number of aliphatic hydroxyl groups excluding tert-OH is 1. The van der Waals surface area contributed by atoms with Crippen molar-refractivity contribution in [1.29, 1.82) is 0 Å². The van der Waals surface area contributed by atoms with Crippen molar-refractivity contribution in [3.05, 3.63) is 11.6 Å². The highest BCUT2D eigenvalue weighted by molar-refractivity contribution is 5.17. The van der Waals surface area contributed by atoms with Gasteiger partial charge in [0.1, 0.15) is 0 Å². The van der Waals surface area contributed by atoms with Gasteiger partial charge in [0.25, 0.3) is 0 Å². The summed E-state index contributed by atoms with van der Waals surface area (Å²) < 4.78 is 6.56. The molecule has 2 saturated carbocycles. The van der Waals surface area contributed by atoms with Gasteiger partial charge in [-0.25, -0.2) is 0 Å². The number of fused-ring (bicyclic) bond motifs is 3. The maximum atomic E-state index is 11.0.